The quantitative estimate of drug-likeness (QED) is 0.742. The zero-order valence-corrected chi connectivity index (χ0v) is 10.9. The number of ether oxygens (including phenoxy) is 2. The Kier molecular flexibility index (Phi) is 5.60. The molecule has 0 unspecified atom stereocenters. The van der Waals surface area contributed by atoms with E-state index in [0.717, 1.165) is 12.8 Å². The van der Waals surface area contributed by atoms with E-state index in [1.807, 2.05) is 6.92 Å². The van der Waals surface area contributed by atoms with Crippen LogP contribution in [0.4, 0.5) is 5.69 Å². The minimum absolute atomic E-state index is 0.453. The van der Waals surface area contributed by atoms with Crippen LogP contribution in [0.2, 0.25) is 0 Å². The van der Waals surface area contributed by atoms with Gasteiger partial charge in [-0.2, -0.15) is 4.98 Å². The molecule has 1 aromatic rings. The molecule has 1 aromatic heterocycles. The number of hydrogen-bond acceptors (Lipinski definition) is 4. The van der Waals surface area contributed by atoms with Gasteiger partial charge in [-0.15, -0.1) is 0 Å². The van der Waals surface area contributed by atoms with Gasteiger partial charge in [-0.3, -0.25) is 0 Å². The number of anilines is 1. The van der Waals surface area contributed by atoms with Crippen LogP contribution in [0.25, 0.3) is 0 Å². The van der Waals surface area contributed by atoms with E-state index in [2.05, 4.69) is 18.8 Å². The molecule has 0 saturated heterocycles. The van der Waals surface area contributed by atoms with Crippen LogP contribution in [0.3, 0.4) is 0 Å². The summed E-state index contributed by atoms with van der Waals surface area (Å²) >= 11 is 0. The molecule has 0 aliphatic carbocycles. The summed E-state index contributed by atoms with van der Waals surface area (Å²) in [5.41, 5.74) is 6.27. The fourth-order valence-electron chi connectivity index (χ4n) is 1.44. The van der Waals surface area contributed by atoms with Crippen molar-refractivity contribution < 1.29 is 9.47 Å². The minimum Gasteiger partial charge on any atom is -0.478 e. The van der Waals surface area contributed by atoms with Crippen LogP contribution in [-0.4, -0.2) is 18.2 Å². The second-order valence-electron chi connectivity index (χ2n) is 4.36. The zero-order chi connectivity index (χ0) is 12.7. The smallest absolute Gasteiger partial charge is 0.240 e. The van der Waals surface area contributed by atoms with Crippen LogP contribution in [0.5, 0.6) is 11.8 Å². The molecule has 4 heteroatoms. The third-order valence-electron chi connectivity index (χ3n) is 2.32. The molecular formula is C13H22N2O2. The summed E-state index contributed by atoms with van der Waals surface area (Å²) in [7, 11) is 0. The molecule has 0 radical (unpaired) electrons. The monoisotopic (exact) mass is 238 g/mol. The van der Waals surface area contributed by atoms with Crippen molar-refractivity contribution in [1.82, 2.24) is 4.98 Å². The SMILES string of the molecule is CCOc1nc(OCCCC(C)C)ccc1N. The standard InChI is InChI=1S/C13H22N2O2/c1-4-16-13-11(14)7-8-12(15-13)17-9-5-6-10(2)3/h7-8,10H,4-6,9,14H2,1-3H3. The first-order chi connectivity index (χ1) is 8.13. The molecular weight excluding hydrogens is 216 g/mol. The van der Waals surface area contributed by atoms with Crippen molar-refractivity contribution in [2.24, 2.45) is 5.92 Å². The molecule has 4 nitrogen and oxygen atoms in total. The maximum atomic E-state index is 5.73. The summed E-state index contributed by atoms with van der Waals surface area (Å²) < 4.78 is 10.9. The topological polar surface area (TPSA) is 57.4 Å². The Balaban J connectivity index is 2.45. The van der Waals surface area contributed by atoms with Crippen molar-refractivity contribution in [2.75, 3.05) is 18.9 Å². The molecule has 96 valence electrons. The zero-order valence-electron chi connectivity index (χ0n) is 10.9. The Labute approximate surface area is 103 Å². The van der Waals surface area contributed by atoms with Gasteiger partial charge in [0, 0.05) is 6.07 Å². The summed E-state index contributed by atoms with van der Waals surface area (Å²) in [5, 5.41) is 0. The number of rotatable bonds is 7. The van der Waals surface area contributed by atoms with Gasteiger partial charge in [-0.25, -0.2) is 0 Å². The second kappa shape index (κ2) is 6.99. The van der Waals surface area contributed by atoms with E-state index in [-0.39, 0.29) is 0 Å². The summed E-state index contributed by atoms with van der Waals surface area (Å²) in [6.07, 6.45) is 2.20. The molecule has 0 aromatic carbocycles. The summed E-state index contributed by atoms with van der Waals surface area (Å²) in [6.45, 7) is 7.54. The highest BCUT2D eigenvalue weighted by molar-refractivity contribution is 5.49. The van der Waals surface area contributed by atoms with Gasteiger partial charge in [-0.1, -0.05) is 13.8 Å². The van der Waals surface area contributed by atoms with Crippen molar-refractivity contribution in [1.29, 1.82) is 0 Å². The van der Waals surface area contributed by atoms with Crippen LogP contribution in [0.1, 0.15) is 33.6 Å². The normalized spacial score (nSPS) is 10.6. The van der Waals surface area contributed by atoms with Gasteiger partial charge in [0.2, 0.25) is 11.8 Å². The van der Waals surface area contributed by atoms with Crippen molar-refractivity contribution in [3.05, 3.63) is 12.1 Å². The lowest BCUT2D eigenvalue weighted by Crippen LogP contribution is -2.04. The van der Waals surface area contributed by atoms with E-state index in [1.165, 1.54) is 0 Å². The molecule has 17 heavy (non-hydrogen) atoms. The summed E-state index contributed by atoms with van der Waals surface area (Å²) in [6, 6.07) is 3.53. The van der Waals surface area contributed by atoms with E-state index in [0.29, 0.717) is 36.6 Å². The van der Waals surface area contributed by atoms with E-state index >= 15 is 0 Å². The lowest BCUT2D eigenvalue weighted by Gasteiger charge is -2.09. The van der Waals surface area contributed by atoms with Crippen LogP contribution in [0.15, 0.2) is 12.1 Å². The Hall–Kier alpha value is -1.45. The van der Waals surface area contributed by atoms with Gasteiger partial charge in [0.05, 0.1) is 18.9 Å². The molecule has 2 N–H and O–H groups in total. The average molecular weight is 238 g/mol. The van der Waals surface area contributed by atoms with Crippen LogP contribution >= 0.6 is 0 Å². The summed E-state index contributed by atoms with van der Waals surface area (Å²) in [5.74, 6) is 1.73. The highest BCUT2D eigenvalue weighted by atomic mass is 16.5. The van der Waals surface area contributed by atoms with Gasteiger partial charge in [0.15, 0.2) is 0 Å². The van der Waals surface area contributed by atoms with Crippen molar-refractivity contribution in [2.45, 2.75) is 33.6 Å². The molecule has 0 saturated carbocycles. The van der Waals surface area contributed by atoms with Crippen LogP contribution in [-0.2, 0) is 0 Å². The first-order valence-corrected chi connectivity index (χ1v) is 6.15. The average Bonchev–Trinajstić information content (AvgIpc) is 2.28. The largest absolute Gasteiger partial charge is 0.478 e. The van der Waals surface area contributed by atoms with E-state index in [1.54, 1.807) is 12.1 Å². The van der Waals surface area contributed by atoms with Crippen LogP contribution in [0, 0.1) is 5.92 Å². The van der Waals surface area contributed by atoms with Gasteiger partial charge in [0.1, 0.15) is 0 Å². The fourth-order valence-corrected chi connectivity index (χ4v) is 1.44. The Morgan fingerprint density at radius 2 is 2.06 bits per heavy atom. The molecule has 0 aliphatic heterocycles. The minimum atomic E-state index is 0.453. The molecule has 0 bridgehead atoms. The maximum absolute atomic E-state index is 5.73. The molecule has 0 fully saturated rings. The van der Waals surface area contributed by atoms with Crippen molar-refractivity contribution in [3.8, 4) is 11.8 Å². The molecule has 0 amide bonds. The molecule has 0 atom stereocenters. The molecule has 0 aliphatic rings. The summed E-state index contributed by atoms with van der Waals surface area (Å²) in [4.78, 5) is 4.21. The Morgan fingerprint density at radius 1 is 1.29 bits per heavy atom. The highest BCUT2D eigenvalue weighted by Gasteiger charge is 2.04. The predicted octanol–water partition coefficient (Wildman–Crippen LogP) is 2.88. The number of nitrogens with two attached hydrogens (primary N) is 1. The predicted molar refractivity (Wildman–Crippen MR) is 69.4 cm³/mol. The third kappa shape index (κ3) is 4.93. The van der Waals surface area contributed by atoms with Crippen molar-refractivity contribution in [3.63, 3.8) is 0 Å². The lowest BCUT2D eigenvalue weighted by molar-refractivity contribution is 0.276. The molecule has 0 spiro atoms. The molecule has 1 heterocycles. The number of nitrogen functional groups attached to an aromatic ring is 1. The van der Waals surface area contributed by atoms with E-state index in [9.17, 15) is 0 Å². The van der Waals surface area contributed by atoms with Gasteiger partial charge in [0.25, 0.3) is 0 Å². The second-order valence-corrected chi connectivity index (χ2v) is 4.36. The van der Waals surface area contributed by atoms with Crippen molar-refractivity contribution >= 4 is 5.69 Å². The lowest BCUT2D eigenvalue weighted by atomic mass is 10.1. The number of aromatic nitrogens is 1. The van der Waals surface area contributed by atoms with Gasteiger partial charge in [-0.05, 0) is 31.7 Å². The number of pyridine rings is 1. The fraction of sp³-hybridized carbons (Fsp3) is 0.615. The highest BCUT2D eigenvalue weighted by Crippen LogP contribution is 2.22. The Bertz CT molecular complexity index is 340. The first-order valence-electron chi connectivity index (χ1n) is 6.15. The third-order valence-corrected chi connectivity index (χ3v) is 2.32. The van der Waals surface area contributed by atoms with E-state index < -0.39 is 0 Å². The van der Waals surface area contributed by atoms with E-state index in [4.69, 9.17) is 15.2 Å². The number of nitrogens with zero attached hydrogens (tertiary/aromatic N) is 1. The Morgan fingerprint density at radius 3 is 2.71 bits per heavy atom. The van der Waals surface area contributed by atoms with Gasteiger partial charge >= 0.3 is 0 Å². The first kappa shape index (κ1) is 13.6. The maximum Gasteiger partial charge on any atom is 0.240 e. The number of hydrogen-bond donors (Lipinski definition) is 1. The van der Waals surface area contributed by atoms with Crippen LogP contribution < -0.4 is 15.2 Å². The molecule has 1 rings (SSSR count). The van der Waals surface area contributed by atoms with Gasteiger partial charge < -0.3 is 15.2 Å².